The third-order valence-corrected chi connectivity index (χ3v) is 1.88. The van der Waals surface area contributed by atoms with E-state index in [9.17, 15) is 0 Å². The highest BCUT2D eigenvalue weighted by Crippen LogP contribution is 2.10. The summed E-state index contributed by atoms with van der Waals surface area (Å²) in [5, 5.41) is 0. The zero-order chi connectivity index (χ0) is 9.52. The lowest BCUT2D eigenvalue weighted by molar-refractivity contribution is 0.121. The van der Waals surface area contributed by atoms with Gasteiger partial charge in [0.2, 0.25) is 0 Å². The summed E-state index contributed by atoms with van der Waals surface area (Å²) >= 11 is 0. The number of benzene rings is 1. The molecule has 0 atom stereocenters. The van der Waals surface area contributed by atoms with Crippen LogP contribution in [-0.2, 0) is 11.3 Å². The summed E-state index contributed by atoms with van der Waals surface area (Å²) in [4.78, 5) is 0. The Morgan fingerprint density at radius 1 is 1.38 bits per heavy atom. The van der Waals surface area contributed by atoms with Gasteiger partial charge in [0.05, 0.1) is 6.61 Å². The zero-order valence-corrected chi connectivity index (χ0v) is 8.12. The van der Waals surface area contributed by atoms with E-state index < -0.39 is 0 Å². The first-order valence-corrected chi connectivity index (χ1v) is 4.66. The third-order valence-electron chi connectivity index (χ3n) is 1.88. The van der Waals surface area contributed by atoms with Crippen LogP contribution in [0.5, 0.6) is 0 Å². The molecule has 0 bridgehead atoms. The van der Waals surface area contributed by atoms with E-state index in [4.69, 9.17) is 4.74 Å². The molecule has 1 nitrogen and oxygen atoms in total. The van der Waals surface area contributed by atoms with Crippen molar-refractivity contribution < 1.29 is 4.74 Å². The maximum absolute atomic E-state index is 5.46. The molecule has 0 aliphatic rings. The molecule has 0 fully saturated rings. The van der Waals surface area contributed by atoms with E-state index in [1.54, 1.807) is 0 Å². The summed E-state index contributed by atoms with van der Waals surface area (Å²) < 4.78 is 5.46. The second-order valence-corrected chi connectivity index (χ2v) is 2.96. The molecule has 1 heteroatoms. The van der Waals surface area contributed by atoms with Gasteiger partial charge in [0.15, 0.2) is 0 Å². The van der Waals surface area contributed by atoms with Crippen LogP contribution in [0.4, 0.5) is 0 Å². The molecule has 0 N–H and O–H groups in total. The lowest BCUT2D eigenvalue weighted by Crippen LogP contribution is -1.95. The van der Waals surface area contributed by atoms with E-state index in [1.165, 1.54) is 11.1 Å². The number of hydrogen-bond donors (Lipinski definition) is 0. The summed E-state index contributed by atoms with van der Waals surface area (Å²) in [5.41, 5.74) is 2.38. The fourth-order valence-electron chi connectivity index (χ4n) is 1.19. The quantitative estimate of drug-likeness (QED) is 0.626. The SMILES string of the molecule is C=Cc1ccccc1COCCC. The molecule has 0 amide bonds. The summed E-state index contributed by atoms with van der Waals surface area (Å²) in [6.45, 7) is 7.39. The van der Waals surface area contributed by atoms with E-state index in [0.717, 1.165) is 13.0 Å². The minimum absolute atomic E-state index is 0.691. The average Bonchev–Trinajstić information content (AvgIpc) is 2.19. The summed E-state index contributed by atoms with van der Waals surface area (Å²) in [5.74, 6) is 0. The molecule has 0 spiro atoms. The minimum atomic E-state index is 0.691. The Morgan fingerprint density at radius 2 is 2.15 bits per heavy atom. The fourth-order valence-corrected chi connectivity index (χ4v) is 1.19. The smallest absolute Gasteiger partial charge is 0.0722 e. The first kappa shape index (κ1) is 10.0. The predicted octanol–water partition coefficient (Wildman–Crippen LogP) is 3.26. The van der Waals surface area contributed by atoms with Gasteiger partial charge in [-0.15, -0.1) is 0 Å². The lowest BCUT2D eigenvalue weighted by Gasteiger charge is -2.05. The molecule has 0 radical (unpaired) electrons. The minimum Gasteiger partial charge on any atom is -0.377 e. The van der Waals surface area contributed by atoms with Gasteiger partial charge in [0, 0.05) is 6.61 Å². The molecular formula is C12H16O. The van der Waals surface area contributed by atoms with Crippen LogP contribution >= 0.6 is 0 Å². The maximum atomic E-state index is 5.46. The highest BCUT2D eigenvalue weighted by Gasteiger charge is 1.96. The molecule has 0 unspecified atom stereocenters. The molecule has 0 aromatic heterocycles. The van der Waals surface area contributed by atoms with Gasteiger partial charge >= 0.3 is 0 Å². The highest BCUT2D eigenvalue weighted by atomic mass is 16.5. The summed E-state index contributed by atoms with van der Waals surface area (Å²) in [7, 11) is 0. The van der Waals surface area contributed by atoms with Gasteiger partial charge < -0.3 is 4.74 Å². The van der Waals surface area contributed by atoms with E-state index in [0.29, 0.717) is 6.61 Å². The van der Waals surface area contributed by atoms with Gasteiger partial charge in [-0.1, -0.05) is 43.8 Å². The molecular weight excluding hydrogens is 160 g/mol. The molecule has 70 valence electrons. The predicted molar refractivity (Wildman–Crippen MR) is 56.5 cm³/mol. The van der Waals surface area contributed by atoms with Crippen molar-refractivity contribution in [2.24, 2.45) is 0 Å². The van der Waals surface area contributed by atoms with Gasteiger partial charge in [0.1, 0.15) is 0 Å². The van der Waals surface area contributed by atoms with Gasteiger partial charge in [0.25, 0.3) is 0 Å². The van der Waals surface area contributed by atoms with Crippen molar-refractivity contribution in [3.8, 4) is 0 Å². The summed E-state index contributed by atoms with van der Waals surface area (Å²) in [6, 6.07) is 8.17. The maximum Gasteiger partial charge on any atom is 0.0722 e. The molecule has 0 saturated heterocycles. The van der Waals surface area contributed by atoms with Crippen molar-refractivity contribution in [1.82, 2.24) is 0 Å². The molecule has 13 heavy (non-hydrogen) atoms. The van der Waals surface area contributed by atoms with Gasteiger partial charge in [-0.05, 0) is 17.5 Å². The number of ether oxygens (including phenoxy) is 1. The van der Waals surface area contributed by atoms with Gasteiger partial charge in [-0.25, -0.2) is 0 Å². The van der Waals surface area contributed by atoms with E-state index in [1.807, 2.05) is 18.2 Å². The Bertz CT molecular complexity index is 266. The fraction of sp³-hybridized carbons (Fsp3) is 0.333. The van der Waals surface area contributed by atoms with Crippen LogP contribution in [-0.4, -0.2) is 6.61 Å². The zero-order valence-electron chi connectivity index (χ0n) is 8.12. The molecule has 0 aliphatic heterocycles. The van der Waals surface area contributed by atoms with Crippen LogP contribution in [0.25, 0.3) is 6.08 Å². The Hall–Kier alpha value is -1.08. The molecule has 0 heterocycles. The Labute approximate surface area is 80.0 Å². The Kier molecular flexibility index (Phi) is 4.27. The van der Waals surface area contributed by atoms with Crippen molar-refractivity contribution in [2.45, 2.75) is 20.0 Å². The van der Waals surface area contributed by atoms with E-state index >= 15 is 0 Å². The van der Waals surface area contributed by atoms with Gasteiger partial charge in [-0.3, -0.25) is 0 Å². The Morgan fingerprint density at radius 3 is 2.85 bits per heavy atom. The molecule has 0 saturated carbocycles. The van der Waals surface area contributed by atoms with Crippen LogP contribution in [0.3, 0.4) is 0 Å². The Balaban J connectivity index is 2.59. The monoisotopic (exact) mass is 176 g/mol. The molecule has 1 aromatic rings. The first-order chi connectivity index (χ1) is 6.38. The number of rotatable bonds is 5. The van der Waals surface area contributed by atoms with Crippen LogP contribution in [0.1, 0.15) is 24.5 Å². The van der Waals surface area contributed by atoms with Crippen molar-refractivity contribution in [3.05, 3.63) is 42.0 Å². The topological polar surface area (TPSA) is 9.23 Å². The van der Waals surface area contributed by atoms with Gasteiger partial charge in [-0.2, -0.15) is 0 Å². The van der Waals surface area contributed by atoms with Crippen LogP contribution in [0.15, 0.2) is 30.8 Å². The van der Waals surface area contributed by atoms with Crippen LogP contribution in [0.2, 0.25) is 0 Å². The van der Waals surface area contributed by atoms with Crippen molar-refractivity contribution in [2.75, 3.05) is 6.61 Å². The van der Waals surface area contributed by atoms with Crippen molar-refractivity contribution in [3.63, 3.8) is 0 Å². The average molecular weight is 176 g/mol. The second kappa shape index (κ2) is 5.55. The van der Waals surface area contributed by atoms with Crippen LogP contribution in [0, 0.1) is 0 Å². The lowest BCUT2D eigenvalue weighted by atomic mass is 10.1. The normalized spacial score (nSPS) is 9.92. The van der Waals surface area contributed by atoms with Crippen LogP contribution < -0.4 is 0 Å². The third kappa shape index (κ3) is 3.03. The number of hydrogen-bond acceptors (Lipinski definition) is 1. The van der Waals surface area contributed by atoms with Crippen molar-refractivity contribution >= 4 is 6.08 Å². The van der Waals surface area contributed by atoms with Crippen molar-refractivity contribution in [1.29, 1.82) is 0 Å². The first-order valence-electron chi connectivity index (χ1n) is 4.66. The van der Waals surface area contributed by atoms with E-state index in [2.05, 4.69) is 25.6 Å². The largest absolute Gasteiger partial charge is 0.377 e. The highest BCUT2D eigenvalue weighted by molar-refractivity contribution is 5.51. The second-order valence-electron chi connectivity index (χ2n) is 2.96. The van der Waals surface area contributed by atoms with E-state index in [-0.39, 0.29) is 0 Å². The summed E-state index contributed by atoms with van der Waals surface area (Å²) in [6.07, 6.45) is 2.93. The molecule has 0 aliphatic carbocycles. The molecule has 1 aromatic carbocycles. The standard InChI is InChI=1S/C12H16O/c1-3-9-13-10-12-8-6-5-7-11(12)4-2/h4-8H,2-3,9-10H2,1H3. The molecule has 1 rings (SSSR count).